The topological polar surface area (TPSA) is 75.0 Å². The summed E-state index contributed by atoms with van der Waals surface area (Å²) in [7, 11) is 3.24. The Balaban J connectivity index is 1.56. The molecular weight excluding hydrogens is 442 g/mol. The lowest BCUT2D eigenvalue weighted by Gasteiger charge is -2.10. The maximum absolute atomic E-state index is 5.51. The normalized spacial score (nSPS) is 10.8. The second-order valence-electron chi connectivity index (χ2n) is 5.84. The van der Waals surface area contributed by atoms with Crippen LogP contribution in [-0.4, -0.2) is 39.4 Å². The number of hydrogen-bond donors (Lipinski definition) is 0. The molecule has 0 unspecified atom stereocenters. The molecule has 2 aromatic carbocycles. The smallest absolute Gasteiger partial charge is 0.204 e. The Kier molecular flexibility index (Phi) is 5.36. The highest BCUT2D eigenvalue weighted by Gasteiger charge is 2.15. The quantitative estimate of drug-likeness (QED) is 0.429. The molecule has 4 rings (SSSR count). The van der Waals surface area contributed by atoms with Gasteiger partial charge in [0.2, 0.25) is 5.82 Å². The fourth-order valence-corrected chi connectivity index (χ4v) is 3.83. The van der Waals surface area contributed by atoms with Gasteiger partial charge in [-0.15, -0.1) is 21.5 Å². The van der Waals surface area contributed by atoms with Gasteiger partial charge in [0.1, 0.15) is 11.6 Å². The first-order valence-corrected chi connectivity index (χ1v) is 10.0. The van der Waals surface area contributed by atoms with E-state index in [0.29, 0.717) is 23.9 Å². The molecule has 0 saturated carbocycles. The van der Waals surface area contributed by atoms with E-state index in [1.165, 1.54) is 11.3 Å². The molecule has 9 heteroatoms. The molecule has 0 radical (unpaired) electrons. The first-order valence-electron chi connectivity index (χ1n) is 8.37. The Hall–Kier alpha value is -2.78. The summed E-state index contributed by atoms with van der Waals surface area (Å²) in [4.78, 5) is 6.24. The number of nitrogens with zero attached hydrogens (tertiary/aromatic N) is 5. The van der Waals surface area contributed by atoms with Crippen LogP contribution < -0.4 is 9.47 Å². The van der Waals surface area contributed by atoms with Gasteiger partial charge in [0.05, 0.1) is 25.5 Å². The van der Waals surface area contributed by atoms with E-state index in [0.717, 1.165) is 26.3 Å². The van der Waals surface area contributed by atoms with E-state index in [1.807, 2.05) is 47.8 Å². The summed E-state index contributed by atoms with van der Waals surface area (Å²) in [6.45, 7) is 0.437. The van der Waals surface area contributed by atoms with E-state index in [4.69, 9.17) is 14.5 Å². The number of benzene rings is 2. The molecule has 0 aliphatic rings. The van der Waals surface area contributed by atoms with Crippen molar-refractivity contribution in [2.45, 2.75) is 6.54 Å². The molecule has 0 aliphatic carbocycles. The molecule has 0 bridgehead atoms. The van der Waals surface area contributed by atoms with E-state index in [2.05, 4.69) is 31.3 Å². The second kappa shape index (κ2) is 8.07. The number of tetrazole rings is 1. The third-order valence-corrected chi connectivity index (χ3v) is 5.50. The van der Waals surface area contributed by atoms with E-state index in [1.54, 1.807) is 19.0 Å². The fraction of sp³-hybridized carbons (Fsp3) is 0.158. The zero-order valence-corrected chi connectivity index (χ0v) is 17.6. The average Bonchev–Trinajstić information content (AvgIpc) is 3.38. The van der Waals surface area contributed by atoms with E-state index < -0.39 is 0 Å². The fourth-order valence-electron chi connectivity index (χ4n) is 2.73. The van der Waals surface area contributed by atoms with Crippen LogP contribution >= 0.6 is 27.3 Å². The zero-order chi connectivity index (χ0) is 19.5. The molecule has 4 aromatic rings. The third-order valence-electron chi connectivity index (χ3n) is 4.04. The van der Waals surface area contributed by atoms with Crippen molar-refractivity contribution in [2.24, 2.45) is 0 Å². The van der Waals surface area contributed by atoms with Crippen molar-refractivity contribution in [3.63, 3.8) is 0 Å². The van der Waals surface area contributed by atoms with Crippen molar-refractivity contribution < 1.29 is 9.47 Å². The highest BCUT2D eigenvalue weighted by Crippen LogP contribution is 2.39. The second-order valence-corrected chi connectivity index (χ2v) is 7.61. The number of aromatic nitrogens is 5. The molecule has 0 N–H and O–H groups in total. The molecule has 7 nitrogen and oxygen atoms in total. The summed E-state index contributed by atoms with van der Waals surface area (Å²) in [5.41, 5.74) is 2.65. The van der Waals surface area contributed by atoms with Crippen molar-refractivity contribution in [1.29, 1.82) is 0 Å². The third kappa shape index (κ3) is 3.76. The van der Waals surface area contributed by atoms with Crippen molar-refractivity contribution in [3.05, 3.63) is 58.0 Å². The monoisotopic (exact) mass is 457 g/mol. The summed E-state index contributed by atoms with van der Waals surface area (Å²) < 4.78 is 11.9. The van der Waals surface area contributed by atoms with Crippen LogP contribution in [0.15, 0.2) is 52.3 Å². The summed E-state index contributed by atoms with van der Waals surface area (Å²) in [6.07, 6.45) is 0. The number of ether oxygens (including phenoxy) is 2. The van der Waals surface area contributed by atoms with Gasteiger partial charge in [0, 0.05) is 15.4 Å². The van der Waals surface area contributed by atoms with Crippen LogP contribution in [0.3, 0.4) is 0 Å². The molecule has 0 fully saturated rings. The molecule has 0 aliphatic heterocycles. The van der Waals surface area contributed by atoms with Crippen LogP contribution in [0, 0.1) is 0 Å². The summed E-state index contributed by atoms with van der Waals surface area (Å²) in [5.74, 6) is 1.92. The Morgan fingerprint density at radius 3 is 2.64 bits per heavy atom. The predicted octanol–water partition coefficient (Wildman–Crippen LogP) is 4.29. The molecule has 2 heterocycles. The Morgan fingerprint density at radius 1 is 1.07 bits per heavy atom. The Morgan fingerprint density at radius 2 is 1.89 bits per heavy atom. The van der Waals surface area contributed by atoms with Crippen molar-refractivity contribution in [3.8, 4) is 33.5 Å². The van der Waals surface area contributed by atoms with Crippen LogP contribution in [0.5, 0.6) is 11.5 Å². The lowest BCUT2D eigenvalue weighted by Crippen LogP contribution is -2.04. The maximum atomic E-state index is 5.51. The minimum Gasteiger partial charge on any atom is -0.493 e. The SMILES string of the molecule is COc1cccc(-c2nc(Cn3nnc(-c4ccc(Br)cc4)n3)cs2)c1OC. The van der Waals surface area contributed by atoms with Gasteiger partial charge >= 0.3 is 0 Å². The molecule has 0 atom stereocenters. The Labute approximate surface area is 174 Å². The molecule has 0 saturated heterocycles. The summed E-state index contributed by atoms with van der Waals surface area (Å²) in [6, 6.07) is 13.5. The van der Waals surface area contributed by atoms with Crippen LogP contribution in [0.1, 0.15) is 5.69 Å². The number of halogens is 1. The van der Waals surface area contributed by atoms with E-state index in [-0.39, 0.29) is 0 Å². The largest absolute Gasteiger partial charge is 0.493 e. The van der Waals surface area contributed by atoms with Gasteiger partial charge in [-0.1, -0.05) is 22.0 Å². The van der Waals surface area contributed by atoms with Crippen LogP contribution in [0.2, 0.25) is 0 Å². The minimum absolute atomic E-state index is 0.437. The number of para-hydroxylation sites is 1. The highest BCUT2D eigenvalue weighted by atomic mass is 79.9. The van der Waals surface area contributed by atoms with Gasteiger partial charge in [-0.05, 0) is 41.6 Å². The van der Waals surface area contributed by atoms with Crippen LogP contribution in [0.4, 0.5) is 0 Å². The van der Waals surface area contributed by atoms with Crippen molar-refractivity contribution >= 4 is 27.3 Å². The van der Waals surface area contributed by atoms with Crippen LogP contribution in [0.25, 0.3) is 22.0 Å². The number of thiazole rings is 1. The van der Waals surface area contributed by atoms with Crippen LogP contribution in [-0.2, 0) is 6.54 Å². The summed E-state index contributed by atoms with van der Waals surface area (Å²) in [5, 5.41) is 15.5. The number of methoxy groups -OCH3 is 2. The first-order chi connectivity index (χ1) is 13.7. The molecule has 142 valence electrons. The van der Waals surface area contributed by atoms with Gasteiger partial charge in [0.25, 0.3) is 0 Å². The molecule has 2 aromatic heterocycles. The molecule has 0 spiro atoms. The predicted molar refractivity (Wildman–Crippen MR) is 111 cm³/mol. The number of hydrogen-bond acceptors (Lipinski definition) is 7. The Bertz CT molecular complexity index is 1090. The maximum Gasteiger partial charge on any atom is 0.204 e. The zero-order valence-electron chi connectivity index (χ0n) is 15.2. The van der Waals surface area contributed by atoms with Gasteiger partial charge in [0.15, 0.2) is 11.5 Å². The standard InChI is InChI=1S/C19H16BrN5O2S/c1-26-16-5-3-4-15(17(16)27-2)19-21-14(11-28-19)10-25-23-18(22-24-25)12-6-8-13(20)9-7-12/h3-9,11H,10H2,1-2H3. The number of rotatable bonds is 6. The van der Waals surface area contributed by atoms with Gasteiger partial charge in [-0.3, -0.25) is 0 Å². The van der Waals surface area contributed by atoms with E-state index in [9.17, 15) is 0 Å². The molecular formula is C19H16BrN5O2S. The minimum atomic E-state index is 0.437. The summed E-state index contributed by atoms with van der Waals surface area (Å²) >= 11 is 4.96. The molecule has 28 heavy (non-hydrogen) atoms. The van der Waals surface area contributed by atoms with Gasteiger partial charge in [-0.2, -0.15) is 4.80 Å². The highest BCUT2D eigenvalue weighted by molar-refractivity contribution is 9.10. The van der Waals surface area contributed by atoms with Crippen molar-refractivity contribution in [2.75, 3.05) is 14.2 Å². The van der Waals surface area contributed by atoms with Gasteiger partial charge in [-0.25, -0.2) is 4.98 Å². The van der Waals surface area contributed by atoms with E-state index >= 15 is 0 Å². The molecule has 0 amide bonds. The van der Waals surface area contributed by atoms with Crippen molar-refractivity contribution in [1.82, 2.24) is 25.2 Å². The van der Waals surface area contributed by atoms with Gasteiger partial charge < -0.3 is 9.47 Å². The lowest BCUT2D eigenvalue weighted by molar-refractivity contribution is 0.356. The lowest BCUT2D eigenvalue weighted by atomic mass is 10.2. The average molecular weight is 458 g/mol. The first kappa shape index (κ1) is 18.6.